The lowest BCUT2D eigenvalue weighted by atomic mass is 9.77. The van der Waals surface area contributed by atoms with Crippen molar-refractivity contribution < 1.29 is 13.9 Å². The second-order valence-electron chi connectivity index (χ2n) is 7.99. The van der Waals surface area contributed by atoms with Gasteiger partial charge in [-0.25, -0.2) is 8.78 Å². The van der Waals surface area contributed by atoms with E-state index >= 15 is 0 Å². The molecule has 27 heavy (non-hydrogen) atoms. The normalized spacial score (nSPS) is 21.6. The van der Waals surface area contributed by atoms with Crippen LogP contribution in [0, 0.1) is 17.0 Å². The zero-order valence-electron chi connectivity index (χ0n) is 15.5. The lowest BCUT2D eigenvalue weighted by Crippen LogP contribution is -2.43. The summed E-state index contributed by atoms with van der Waals surface area (Å²) in [6, 6.07) is 14.2. The third kappa shape index (κ3) is 3.91. The summed E-state index contributed by atoms with van der Waals surface area (Å²) >= 11 is 0. The van der Waals surface area contributed by atoms with E-state index in [0.29, 0.717) is 13.1 Å². The van der Waals surface area contributed by atoms with E-state index in [9.17, 15) is 13.9 Å². The average molecular weight is 372 g/mol. The zero-order valence-corrected chi connectivity index (χ0v) is 15.5. The first-order valence-corrected chi connectivity index (χ1v) is 9.69. The first kappa shape index (κ1) is 18.5. The van der Waals surface area contributed by atoms with E-state index in [1.54, 1.807) is 4.90 Å². The number of benzene rings is 2. The van der Waals surface area contributed by atoms with Gasteiger partial charge in [0.15, 0.2) is 0 Å². The number of aliphatic hydroxyl groups is 1. The van der Waals surface area contributed by atoms with Crippen molar-refractivity contribution in [1.82, 2.24) is 9.80 Å². The van der Waals surface area contributed by atoms with Gasteiger partial charge in [-0.15, -0.1) is 0 Å². The number of halogens is 2. The maximum Gasteiger partial charge on any atom is 0.139 e. The predicted octanol–water partition coefficient (Wildman–Crippen LogP) is 3.94. The van der Waals surface area contributed by atoms with Crippen molar-refractivity contribution in [2.45, 2.75) is 32.0 Å². The van der Waals surface area contributed by atoms with Gasteiger partial charge in [-0.2, -0.15) is 0 Å². The second-order valence-corrected chi connectivity index (χ2v) is 7.99. The standard InChI is InChI=1S/C22H26F2N2O/c23-18-7-4-8-19(24)20(18)21(27)26-13-10-22(11-14-26)9-12-25(16-22)15-17-5-2-1-3-6-17/h1-8,21,27H,9-16H2. The molecule has 1 atom stereocenters. The molecule has 2 heterocycles. The Labute approximate surface area is 159 Å². The Kier molecular flexibility index (Phi) is 5.26. The highest BCUT2D eigenvalue weighted by Crippen LogP contribution is 2.42. The molecule has 2 aliphatic heterocycles. The average Bonchev–Trinajstić information content (AvgIpc) is 3.05. The summed E-state index contributed by atoms with van der Waals surface area (Å²) in [5, 5.41) is 10.5. The van der Waals surface area contributed by atoms with E-state index < -0.39 is 17.9 Å². The van der Waals surface area contributed by atoms with Gasteiger partial charge in [0.05, 0.1) is 5.56 Å². The predicted molar refractivity (Wildman–Crippen MR) is 101 cm³/mol. The molecule has 5 heteroatoms. The van der Waals surface area contributed by atoms with Crippen molar-refractivity contribution in [2.24, 2.45) is 5.41 Å². The fraction of sp³-hybridized carbons (Fsp3) is 0.455. The number of piperidine rings is 1. The molecule has 0 aliphatic carbocycles. The fourth-order valence-electron chi connectivity index (χ4n) is 4.60. The molecule has 0 saturated carbocycles. The molecule has 0 aromatic heterocycles. The molecular formula is C22H26F2N2O. The van der Waals surface area contributed by atoms with E-state index in [0.717, 1.165) is 38.9 Å². The van der Waals surface area contributed by atoms with Crippen molar-refractivity contribution in [1.29, 1.82) is 0 Å². The molecule has 1 unspecified atom stereocenters. The maximum atomic E-state index is 14.0. The van der Waals surface area contributed by atoms with E-state index in [-0.39, 0.29) is 11.0 Å². The van der Waals surface area contributed by atoms with Crippen LogP contribution in [-0.2, 0) is 6.54 Å². The summed E-state index contributed by atoms with van der Waals surface area (Å²) in [4.78, 5) is 4.30. The van der Waals surface area contributed by atoms with Crippen LogP contribution in [0.5, 0.6) is 0 Å². The molecule has 2 aromatic carbocycles. The van der Waals surface area contributed by atoms with Crippen LogP contribution in [0.4, 0.5) is 8.78 Å². The Hall–Kier alpha value is -1.82. The van der Waals surface area contributed by atoms with Gasteiger partial charge in [-0.1, -0.05) is 36.4 Å². The summed E-state index contributed by atoms with van der Waals surface area (Å²) < 4.78 is 28.0. The Morgan fingerprint density at radius 3 is 2.19 bits per heavy atom. The maximum absolute atomic E-state index is 14.0. The summed E-state index contributed by atoms with van der Waals surface area (Å²) in [7, 11) is 0. The molecule has 0 radical (unpaired) electrons. The summed E-state index contributed by atoms with van der Waals surface area (Å²) in [6.07, 6.45) is 1.83. The minimum absolute atomic E-state index is 0.231. The number of aliphatic hydroxyl groups excluding tert-OH is 1. The van der Waals surface area contributed by atoms with Crippen LogP contribution in [0.15, 0.2) is 48.5 Å². The van der Waals surface area contributed by atoms with Crippen molar-refractivity contribution in [3.05, 3.63) is 71.3 Å². The van der Waals surface area contributed by atoms with Gasteiger partial charge in [0.2, 0.25) is 0 Å². The van der Waals surface area contributed by atoms with Crippen LogP contribution in [0.2, 0.25) is 0 Å². The third-order valence-corrected chi connectivity index (χ3v) is 6.23. The van der Waals surface area contributed by atoms with Crippen molar-refractivity contribution in [2.75, 3.05) is 26.2 Å². The van der Waals surface area contributed by atoms with E-state index in [1.807, 2.05) is 6.07 Å². The monoisotopic (exact) mass is 372 g/mol. The SMILES string of the molecule is OC(c1c(F)cccc1F)N1CCC2(CCN(Cc3ccccc3)C2)CC1. The summed E-state index contributed by atoms with van der Waals surface area (Å²) in [6.45, 7) is 4.43. The minimum Gasteiger partial charge on any atom is -0.374 e. The Morgan fingerprint density at radius 1 is 0.889 bits per heavy atom. The first-order chi connectivity index (χ1) is 13.1. The molecule has 2 fully saturated rings. The largest absolute Gasteiger partial charge is 0.374 e. The number of nitrogens with zero attached hydrogens (tertiary/aromatic N) is 2. The topological polar surface area (TPSA) is 26.7 Å². The smallest absolute Gasteiger partial charge is 0.139 e. The molecule has 3 nitrogen and oxygen atoms in total. The van der Waals surface area contributed by atoms with Gasteiger partial charge >= 0.3 is 0 Å². The lowest BCUT2D eigenvalue weighted by molar-refractivity contribution is -0.0389. The van der Waals surface area contributed by atoms with E-state index in [1.165, 1.54) is 23.8 Å². The highest BCUT2D eigenvalue weighted by molar-refractivity contribution is 5.22. The fourth-order valence-corrected chi connectivity index (χ4v) is 4.60. The van der Waals surface area contributed by atoms with Crippen molar-refractivity contribution in [3.63, 3.8) is 0 Å². The Morgan fingerprint density at radius 2 is 1.52 bits per heavy atom. The van der Waals surface area contributed by atoms with Crippen molar-refractivity contribution >= 4 is 0 Å². The van der Waals surface area contributed by atoms with E-state index in [2.05, 4.69) is 29.2 Å². The number of hydrogen-bond donors (Lipinski definition) is 1. The first-order valence-electron chi connectivity index (χ1n) is 9.69. The van der Waals surface area contributed by atoms with Gasteiger partial charge in [0.25, 0.3) is 0 Å². The summed E-state index contributed by atoms with van der Waals surface area (Å²) in [5.74, 6) is -1.37. The molecule has 144 valence electrons. The number of rotatable bonds is 4. The van der Waals surface area contributed by atoms with Gasteiger partial charge in [0, 0.05) is 26.2 Å². The third-order valence-electron chi connectivity index (χ3n) is 6.23. The van der Waals surface area contributed by atoms with Crippen LogP contribution in [0.25, 0.3) is 0 Å². The molecule has 4 rings (SSSR count). The quantitative estimate of drug-likeness (QED) is 0.881. The molecule has 2 aliphatic rings. The van der Waals surface area contributed by atoms with Gasteiger partial charge < -0.3 is 5.11 Å². The molecule has 1 spiro atoms. The van der Waals surface area contributed by atoms with Crippen LogP contribution >= 0.6 is 0 Å². The molecule has 1 N–H and O–H groups in total. The van der Waals surface area contributed by atoms with Gasteiger partial charge in [-0.05, 0) is 48.9 Å². The van der Waals surface area contributed by atoms with Crippen LogP contribution in [0.3, 0.4) is 0 Å². The van der Waals surface area contributed by atoms with Crippen LogP contribution < -0.4 is 0 Å². The highest BCUT2D eigenvalue weighted by Gasteiger charge is 2.41. The Balaban J connectivity index is 1.36. The molecule has 2 saturated heterocycles. The van der Waals surface area contributed by atoms with Crippen molar-refractivity contribution in [3.8, 4) is 0 Å². The molecule has 2 aromatic rings. The minimum atomic E-state index is -1.22. The Bertz CT molecular complexity index is 755. The number of likely N-dealkylation sites (tertiary alicyclic amines) is 2. The molecular weight excluding hydrogens is 346 g/mol. The summed E-state index contributed by atoms with van der Waals surface area (Å²) in [5.41, 5.74) is 1.36. The van der Waals surface area contributed by atoms with Gasteiger partial charge in [-0.3, -0.25) is 9.80 Å². The van der Waals surface area contributed by atoms with E-state index in [4.69, 9.17) is 0 Å². The molecule has 0 amide bonds. The number of hydrogen-bond acceptors (Lipinski definition) is 3. The second kappa shape index (κ2) is 7.66. The molecule has 0 bridgehead atoms. The van der Waals surface area contributed by atoms with Crippen LogP contribution in [-0.4, -0.2) is 41.1 Å². The highest BCUT2D eigenvalue weighted by atomic mass is 19.1. The lowest BCUT2D eigenvalue weighted by Gasteiger charge is -2.41. The van der Waals surface area contributed by atoms with Gasteiger partial charge in [0.1, 0.15) is 17.9 Å². The zero-order chi connectivity index (χ0) is 18.9. The van der Waals surface area contributed by atoms with Crippen LogP contribution in [0.1, 0.15) is 36.6 Å².